The molecular formula is C16H15N3O. The maximum Gasteiger partial charge on any atom is 0.253 e. The maximum absolute atomic E-state index is 12.0. The van der Waals surface area contributed by atoms with Crippen molar-refractivity contribution in [3.8, 4) is 0 Å². The van der Waals surface area contributed by atoms with Crippen LogP contribution in [0.3, 0.4) is 0 Å². The minimum Gasteiger partial charge on any atom is -0.380 e. The molecule has 0 fully saturated rings. The fourth-order valence-corrected chi connectivity index (χ4v) is 2.17. The Kier molecular flexibility index (Phi) is 3.21. The van der Waals surface area contributed by atoms with Crippen molar-refractivity contribution >= 4 is 16.6 Å². The third-order valence-corrected chi connectivity index (χ3v) is 3.22. The molecule has 100 valence electrons. The standard InChI is InChI=1S/C16H15N3O/c1-11-4-5-15-12(7-11)8-13(16(20)19-15)9-18-14-3-2-6-17-10-14/h2-8,10,18H,9H2,1H3,(H,19,20). The normalized spacial score (nSPS) is 10.7. The van der Waals surface area contributed by atoms with Gasteiger partial charge < -0.3 is 10.3 Å². The number of nitrogens with one attached hydrogen (secondary N) is 2. The van der Waals surface area contributed by atoms with Crippen molar-refractivity contribution in [3.63, 3.8) is 0 Å². The van der Waals surface area contributed by atoms with E-state index in [4.69, 9.17) is 0 Å². The van der Waals surface area contributed by atoms with Gasteiger partial charge in [0, 0.05) is 30.0 Å². The Morgan fingerprint density at radius 3 is 2.95 bits per heavy atom. The van der Waals surface area contributed by atoms with Crippen molar-refractivity contribution in [1.29, 1.82) is 0 Å². The van der Waals surface area contributed by atoms with Gasteiger partial charge in [0.15, 0.2) is 0 Å². The zero-order valence-electron chi connectivity index (χ0n) is 11.2. The van der Waals surface area contributed by atoms with Crippen molar-refractivity contribution in [3.05, 3.63) is 70.3 Å². The molecule has 0 aliphatic heterocycles. The van der Waals surface area contributed by atoms with Gasteiger partial charge >= 0.3 is 0 Å². The van der Waals surface area contributed by atoms with Crippen LogP contribution in [0.15, 0.2) is 53.6 Å². The fraction of sp³-hybridized carbons (Fsp3) is 0.125. The first kappa shape index (κ1) is 12.4. The molecule has 2 aromatic heterocycles. The molecule has 0 saturated carbocycles. The Bertz CT molecular complexity index is 794. The first-order chi connectivity index (χ1) is 9.72. The first-order valence-electron chi connectivity index (χ1n) is 6.49. The smallest absolute Gasteiger partial charge is 0.253 e. The first-order valence-corrected chi connectivity index (χ1v) is 6.49. The molecule has 4 nitrogen and oxygen atoms in total. The zero-order valence-corrected chi connectivity index (χ0v) is 11.2. The lowest BCUT2D eigenvalue weighted by molar-refractivity contribution is 1.08. The summed E-state index contributed by atoms with van der Waals surface area (Å²) in [7, 11) is 0. The Hall–Kier alpha value is -2.62. The highest BCUT2D eigenvalue weighted by Gasteiger charge is 2.03. The van der Waals surface area contributed by atoms with E-state index in [0.29, 0.717) is 12.1 Å². The molecule has 0 aliphatic rings. The molecule has 0 aliphatic carbocycles. The second kappa shape index (κ2) is 5.17. The molecule has 0 saturated heterocycles. The van der Waals surface area contributed by atoms with Crippen LogP contribution < -0.4 is 10.9 Å². The summed E-state index contributed by atoms with van der Waals surface area (Å²) in [6.45, 7) is 2.52. The van der Waals surface area contributed by atoms with Crippen LogP contribution in [0.1, 0.15) is 11.1 Å². The lowest BCUT2D eigenvalue weighted by Crippen LogP contribution is -2.15. The zero-order chi connectivity index (χ0) is 13.9. The van der Waals surface area contributed by atoms with E-state index in [9.17, 15) is 4.79 Å². The lowest BCUT2D eigenvalue weighted by atomic mass is 10.1. The van der Waals surface area contributed by atoms with Crippen LogP contribution in [-0.4, -0.2) is 9.97 Å². The van der Waals surface area contributed by atoms with Gasteiger partial charge in [0.25, 0.3) is 5.56 Å². The predicted octanol–water partition coefficient (Wildman–Crippen LogP) is 2.84. The largest absolute Gasteiger partial charge is 0.380 e. The van der Waals surface area contributed by atoms with E-state index in [0.717, 1.165) is 16.6 Å². The Morgan fingerprint density at radius 2 is 2.15 bits per heavy atom. The molecule has 2 heterocycles. The highest BCUT2D eigenvalue weighted by molar-refractivity contribution is 5.79. The number of hydrogen-bond acceptors (Lipinski definition) is 3. The topological polar surface area (TPSA) is 57.8 Å². The summed E-state index contributed by atoms with van der Waals surface area (Å²) in [6, 6.07) is 11.7. The quantitative estimate of drug-likeness (QED) is 0.765. The van der Waals surface area contributed by atoms with Gasteiger partial charge in [-0.15, -0.1) is 0 Å². The second-order valence-corrected chi connectivity index (χ2v) is 4.81. The SMILES string of the molecule is Cc1ccc2[nH]c(=O)c(CNc3cccnc3)cc2c1. The molecule has 0 spiro atoms. The van der Waals surface area contributed by atoms with Crippen molar-refractivity contribution in [2.45, 2.75) is 13.5 Å². The number of nitrogens with zero attached hydrogens (tertiary/aromatic N) is 1. The highest BCUT2D eigenvalue weighted by Crippen LogP contribution is 2.14. The van der Waals surface area contributed by atoms with Crippen molar-refractivity contribution in [2.75, 3.05) is 5.32 Å². The fourth-order valence-electron chi connectivity index (χ4n) is 2.17. The third kappa shape index (κ3) is 2.54. The monoisotopic (exact) mass is 265 g/mol. The average Bonchev–Trinajstić information content (AvgIpc) is 2.46. The van der Waals surface area contributed by atoms with Crippen LogP contribution in [0.4, 0.5) is 5.69 Å². The van der Waals surface area contributed by atoms with Gasteiger partial charge in [0.05, 0.1) is 5.69 Å². The molecule has 0 unspecified atom stereocenters. The van der Waals surface area contributed by atoms with Gasteiger partial charge in [0.1, 0.15) is 0 Å². The Morgan fingerprint density at radius 1 is 1.25 bits per heavy atom. The van der Waals surface area contributed by atoms with Crippen LogP contribution in [0.5, 0.6) is 0 Å². The average molecular weight is 265 g/mol. The lowest BCUT2D eigenvalue weighted by Gasteiger charge is -2.07. The molecule has 3 rings (SSSR count). The second-order valence-electron chi connectivity index (χ2n) is 4.81. The van der Waals surface area contributed by atoms with Gasteiger partial charge in [-0.2, -0.15) is 0 Å². The van der Waals surface area contributed by atoms with Crippen molar-refractivity contribution in [1.82, 2.24) is 9.97 Å². The molecule has 0 radical (unpaired) electrons. The van der Waals surface area contributed by atoms with E-state index >= 15 is 0 Å². The van der Waals surface area contributed by atoms with E-state index < -0.39 is 0 Å². The number of benzene rings is 1. The molecule has 20 heavy (non-hydrogen) atoms. The Balaban J connectivity index is 1.91. The minimum absolute atomic E-state index is 0.0576. The van der Waals surface area contributed by atoms with Crippen LogP contribution in [0.2, 0.25) is 0 Å². The molecule has 0 atom stereocenters. The molecule has 2 N–H and O–H groups in total. The summed E-state index contributed by atoms with van der Waals surface area (Å²) in [6.07, 6.45) is 3.45. The molecule has 3 aromatic rings. The number of anilines is 1. The summed E-state index contributed by atoms with van der Waals surface area (Å²) in [4.78, 5) is 19.0. The van der Waals surface area contributed by atoms with E-state index in [2.05, 4.69) is 21.4 Å². The number of rotatable bonds is 3. The summed E-state index contributed by atoms with van der Waals surface area (Å²) < 4.78 is 0. The molecule has 1 aromatic carbocycles. The molecule has 0 amide bonds. The van der Waals surface area contributed by atoms with Crippen LogP contribution >= 0.6 is 0 Å². The number of fused-ring (bicyclic) bond motifs is 1. The number of aryl methyl sites for hydroxylation is 1. The number of aromatic amines is 1. The van der Waals surface area contributed by atoms with Gasteiger partial charge in [-0.1, -0.05) is 11.6 Å². The summed E-state index contributed by atoms with van der Waals surface area (Å²) >= 11 is 0. The van der Waals surface area contributed by atoms with Gasteiger partial charge in [-0.25, -0.2) is 0 Å². The van der Waals surface area contributed by atoms with Crippen LogP contribution in [-0.2, 0) is 6.54 Å². The van der Waals surface area contributed by atoms with Crippen LogP contribution in [0, 0.1) is 6.92 Å². The van der Waals surface area contributed by atoms with Gasteiger partial charge in [0.2, 0.25) is 0 Å². The van der Waals surface area contributed by atoms with Crippen molar-refractivity contribution in [2.24, 2.45) is 0 Å². The predicted molar refractivity (Wildman–Crippen MR) is 80.9 cm³/mol. The minimum atomic E-state index is -0.0576. The van der Waals surface area contributed by atoms with Crippen molar-refractivity contribution < 1.29 is 0 Å². The van der Waals surface area contributed by atoms with Gasteiger partial charge in [-0.3, -0.25) is 9.78 Å². The summed E-state index contributed by atoms with van der Waals surface area (Å²) in [5.74, 6) is 0. The highest BCUT2D eigenvalue weighted by atomic mass is 16.1. The molecule has 4 heteroatoms. The number of hydrogen-bond donors (Lipinski definition) is 2. The summed E-state index contributed by atoms with van der Waals surface area (Å²) in [5.41, 5.74) is 3.60. The van der Waals surface area contributed by atoms with Gasteiger partial charge in [-0.05, 0) is 42.6 Å². The summed E-state index contributed by atoms with van der Waals surface area (Å²) in [5, 5.41) is 4.25. The Labute approximate surface area is 116 Å². The molecule has 0 bridgehead atoms. The van der Waals surface area contributed by atoms with Crippen LogP contribution in [0.25, 0.3) is 10.9 Å². The number of H-pyrrole nitrogens is 1. The number of pyridine rings is 2. The number of aromatic nitrogens is 2. The van der Waals surface area contributed by atoms with E-state index in [1.807, 2.05) is 37.3 Å². The maximum atomic E-state index is 12.0. The molecular weight excluding hydrogens is 250 g/mol. The van der Waals surface area contributed by atoms with E-state index in [-0.39, 0.29) is 5.56 Å². The van der Waals surface area contributed by atoms with E-state index in [1.54, 1.807) is 12.4 Å². The third-order valence-electron chi connectivity index (χ3n) is 3.22. The van der Waals surface area contributed by atoms with E-state index in [1.165, 1.54) is 5.56 Å².